The van der Waals surface area contributed by atoms with Crippen LogP contribution in [0.3, 0.4) is 0 Å². The minimum Gasteiger partial charge on any atom is -0.361 e. The molecule has 0 aliphatic carbocycles. The quantitative estimate of drug-likeness (QED) is 0.321. The third-order valence-electron chi connectivity index (χ3n) is 3.96. The first-order chi connectivity index (χ1) is 12.2. The fourth-order valence-electron chi connectivity index (χ4n) is 2.74. The number of nitrogens with zero attached hydrogens (tertiary/aromatic N) is 4. The number of thiazole rings is 1. The second-order valence-electron chi connectivity index (χ2n) is 5.64. The van der Waals surface area contributed by atoms with E-state index in [1.807, 2.05) is 24.5 Å². The van der Waals surface area contributed by atoms with Gasteiger partial charge >= 0.3 is 0 Å². The molecule has 0 spiro atoms. The Hall–Kier alpha value is -3.00. The number of imidazole rings is 1. The number of aromatic nitrogens is 3. The van der Waals surface area contributed by atoms with Crippen LogP contribution < -0.4 is 5.32 Å². The molecular weight excluding hydrogens is 338 g/mol. The van der Waals surface area contributed by atoms with Gasteiger partial charge in [-0.25, -0.2) is 9.97 Å². The zero-order chi connectivity index (χ0) is 17.2. The Morgan fingerprint density at radius 3 is 2.96 bits per heavy atom. The van der Waals surface area contributed by atoms with E-state index in [0.717, 1.165) is 45.9 Å². The van der Waals surface area contributed by atoms with Crippen LogP contribution in [0.5, 0.6) is 0 Å². The molecule has 0 saturated heterocycles. The Balaban J connectivity index is 1.38. The second-order valence-corrected chi connectivity index (χ2v) is 6.67. The molecule has 8 heteroatoms. The van der Waals surface area contributed by atoms with E-state index in [4.69, 9.17) is 0 Å². The summed E-state index contributed by atoms with van der Waals surface area (Å²) in [5, 5.41) is 14.9. The molecule has 0 amide bonds. The summed E-state index contributed by atoms with van der Waals surface area (Å²) in [7, 11) is 0. The van der Waals surface area contributed by atoms with Crippen molar-refractivity contribution in [2.75, 3.05) is 11.9 Å². The molecule has 4 aromatic rings. The summed E-state index contributed by atoms with van der Waals surface area (Å²) in [6.07, 6.45) is 2.79. The molecular formula is C17H15N5O2S. The molecule has 2 aromatic carbocycles. The van der Waals surface area contributed by atoms with Crippen molar-refractivity contribution in [2.45, 2.75) is 13.0 Å². The fourth-order valence-corrected chi connectivity index (χ4v) is 3.66. The van der Waals surface area contributed by atoms with Crippen molar-refractivity contribution in [1.82, 2.24) is 14.5 Å². The average molecular weight is 353 g/mol. The molecule has 0 radical (unpaired) electrons. The van der Waals surface area contributed by atoms with Crippen LogP contribution in [0.15, 0.2) is 48.8 Å². The molecule has 0 unspecified atom stereocenters. The molecule has 4 rings (SSSR count). The summed E-state index contributed by atoms with van der Waals surface area (Å²) >= 11 is 1.43. The lowest BCUT2D eigenvalue weighted by atomic mass is 10.3. The van der Waals surface area contributed by atoms with E-state index in [1.54, 1.807) is 12.1 Å². The van der Waals surface area contributed by atoms with E-state index in [0.29, 0.717) is 0 Å². The number of benzene rings is 2. The van der Waals surface area contributed by atoms with Gasteiger partial charge in [0.2, 0.25) is 0 Å². The molecule has 25 heavy (non-hydrogen) atoms. The topological polar surface area (TPSA) is 85.9 Å². The number of hydrogen-bond acceptors (Lipinski definition) is 6. The standard InChI is InChI=1S/C17H15N5O2S/c23-22(24)12-6-7-14-16(10-12)25-17(20-14)18-8-3-9-21-11-19-13-4-1-2-5-15(13)21/h1-2,4-7,10-11H,3,8-9H2,(H,18,20). The summed E-state index contributed by atoms with van der Waals surface area (Å²) in [4.78, 5) is 19.3. The molecule has 2 heterocycles. The molecule has 0 saturated carbocycles. The highest BCUT2D eigenvalue weighted by Gasteiger charge is 2.10. The fraction of sp³-hybridized carbons (Fsp3) is 0.176. The number of rotatable bonds is 6. The maximum atomic E-state index is 10.8. The number of non-ortho nitro benzene ring substituents is 1. The average Bonchev–Trinajstić information content (AvgIpc) is 3.21. The summed E-state index contributed by atoms with van der Waals surface area (Å²) in [6.45, 7) is 1.64. The first-order valence-electron chi connectivity index (χ1n) is 7.89. The van der Waals surface area contributed by atoms with E-state index in [9.17, 15) is 10.1 Å². The van der Waals surface area contributed by atoms with Gasteiger partial charge in [-0.2, -0.15) is 0 Å². The van der Waals surface area contributed by atoms with E-state index in [1.165, 1.54) is 17.4 Å². The number of aryl methyl sites for hydroxylation is 1. The third kappa shape index (κ3) is 3.16. The van der Waals surface area contributed by atoms with Gasteiger partial charge in [0.15, 0.2) is 5.13 Å². The number of fused-ring (bicyclic) bond motifs is 2. The molecule has 0 aliphatic heterocycles. The van der Waals surface area contributed by atoms with Gasteiger partial charge in [-0.15, -0.1) is 0 Å². The molecule has 1 N–H and O–H groups in total. The van der Waals surface area contributed by atoms with Crippen molar-refractivity contribution < 1.29 is 4.92 Å². The van der Waals surface area contributed by atoms with Gasteiger partial charge < -0.3 is 9.88 Å². The van der Waals surface area contributed by atoms with Gasteiger partial charge in [0, 0.05) is 25.2 Å². The molecule has 0 bridgehead atoms. The van der Waals surface area contributed by atoms with Crippen LogP contribution >= 0.6 is 11.3 Å². The van der Waals surface area contributed by atoms with Gasteiger partial charge in [-0.3, -0.25) is 10.1 Å². The van der Waals surface area contributed by atoms with Crippen molar-refractivity contribution in [3.05, 3.63) is 58.9 Å². The van der Waals surface area contributed by atoms with Gasteiger partial charge in [0.25, 0.3) is 5.69 Å². The number of nitro groups is 1. The molecule has 0 fully saturated rings. The Morgan fingerprint density at radius 2 is 2.08 bits per heavy atom. The first-order valence-corrected chi connectivity index (χ1v) is 8.71. The minimum absolute atomic E-state index is 0.0923. The molecule has 0 atom stereocenters. The Bertz CT molecular complexity index is 1060. The smallest absolute Gasteiger partial charge is 0.270 e. The predicted molar refractivity (Wildman–Crippen MR) is 99.1 cm³/mol. The Kier molecular flexibility index (Phi) is 4.02. The number of nitrogens with one attached hydrogen (secondary N) is 1. The van der Waals surface area contributed by atoms with Crippen LogP contribution in [0, 0.1) is 10.1 Å². The molecule has 7 nitrogen and oxygen atoms in total. The number of nitro benzene ring substituents is 1. The van der Waals surface area contributed by atoms with E-state index >= 15 is 0 Å². The number of anilines is 1. The minimum atomic E-state index is -0.387. The monoisotopic (exact) mass is 353 g/mol. The Labute approximate surface area is 147 Å². The summed E-state index contributed by atoms with van der Waals surface area (Å²) in [5.74, 6) is 0. The lowest BCUT2D eigenvalue weighted by Gasteiger charge is -2.05. The van der Waals surface area contributed by atoms with Gasteiger partial charge in [-0.1, -0.05) is 23.5 Å². The highest BCUT2D eigenvalue weighted by atomic mass is 32.1. The normalized spacial score (nSPS) is 11.2. The van der Waals surface area contributed by atoms with Crippen LogP contribution in [0.1, 0.15) is 6.42 Å². The summed E-state index contributed by atoms with van der Waals surface area (Å²) in [6, 6.07) is 12.8. The maximum absolute atomic E-state index is 10.8. The lowest BCUT2D eigenvalue weighted by Crippen LogP contribution is -2.05. The van der Waals surface area contributed by atoms with Crippen molar-refractivity contribution >= 4 is 43.4 Å². The molecule has 126 valence electrons. The van der Waals surface area contributed by atoms with E-state index < -0.39 is 0 Å². The summed E-state index contributed by atoms with van der Waals surface area (Å²) in [5.41, 5.74) is 3.01. The van der Waals surface area contributed by atoms with Gasteiger partial charge in [-0.05, 0) is 24.6 Å². The lowest BCUT2D eigenvalue weighted by molar-refractivity contribution is -0.384. The van der Waals surface area contributed by atoms with E-state index in [2.05, 4.69) is 25.9 Å². The highest BCUT2D eigenvalue weighted by molar-refractivity contribution is 7.22. The van der Waals surface area contributed by atoms with E-state index in [-0.39, 0.29) is 10.6 Å². The predicted octanol–water partition coefficient (Wildman–Crippen LogP) is 4.06. The number of para-hydroxylation sites is 2. The molecule has 0 aliphatic rings. The van der Waals surface area contributed by atoms with Crippen molar-refractivity contribution in [2.24, 2.45) is 0 Å². The zero-order valence-electron chi connectivity index (χ0n) is 13.3. The van der Waals surface area contributed by atoms with Crippen molar-refractivity contribution in [1.29, 1.82) is 0 Å². The molecule has 2 aromatic heterocycles. The Morgan fingerprint density at radius 1 is 1.20 bits per heavy atom. The SMILES string of the molecule is O=[N+]([O-])c1ccc2nc(NCCCn3cnc4ccccc43)sc2c1. The van der Waals surface area contributed by atoms with Crippen LogP contribution in [0.4, 0.5) is 10.8 Å². The van der Waals surface area contributed by atoms with Crippen LogP contribution in [-0.2, 0) is 6.54 Å². The maximum Gasteiger partial charge on any atom is 0.270 e. The van der Waals surface area contributed by atoms with Crippen LogP contribution in [0.25, 0.3) is 21.3 Å². The van der Waals surface area contributed by atoms with Gasteiger partial charge in [0.1, 0.15) is 0 Å². The second kappa shape index (κ2) is 6.48. The zero-order valence-corrected chi connectivity index (χ0v) is 14.1. The third-order valence-corrected chi connectivity index (χ3v) is 4.94. The van der Waals surface area contributed by atoms with Gasteiger partial charge in [0.05, 0.1) is 32.5 Å². The first kappa shape index (κ1) is 15.5. The highest BCUT2D eigenvalue weighted by Crippen LogP contribution is 2.29. The van der Waals surface area contributed by atoms with Crippen molar-refractivity contribution in [3.63, 3.8) is 0 Å². The summed E-state index contributed by atoms with van der Waals surface area (Å²) < 4.78 is 2.95. The largest absolute Gasteiger partial charge is 0.361 e. The number of hydrogen-bond donors (Lipinski definition) is 1. The van der Waals surface area contributed by atoms with Crippen molar-refractivity contribution in [3.8, 4) is 0 Å². The van der Waals surface area contributed by atoms with Crippen LogP contribution in [-0.4, -0.2) is 26.0 Å². The van der Waals surface area contributed by atoms with Crippen LogP contribution in [0.2, 0.25) is 0 Å².